The number of hydrogen-bond donors (Lipinski definition) is 1. The number of rotatable bonds is 8. The minimum atomic E-state index is -0.428. The number of amides is 2. The summed E-state index contributed by atoms with van der Waals surface area (Å²) in [6.45, 7) is 0.940. The number of methoxy groups -OCH3 is 2. The molecule has 1 aliphatic heterocycles. The molecule has 0 spiro atoms. The number of carbonyl (C=O) groups is 2. The van der Waals surface area contributed by atoms with Gasteiger partial charge < -0.3 is 19.7 Å². The summed E-state index contributed by atoms with van der Waals surface area (Å²) in [5, 5.41) is 4.95. The highest BCUT2D eigenvalue weighted by molar-refractivity contribution is 7.09. The van der Waals surface area contributed by atoms with Gasteiger partial charge >= 0.3 is 0 Å². The number of nitrogens with one attached hydrogen (secondary N) is 1. The van der Waals surface area contributed by atoms with E-state index in [-0.39, 0.29) is 18.2 Å². The van der Waals surface area contributed by atoms with Crippen LogP contribution in [0.2, 0.25) is 0 Å². The third kappa shape index (κ3) is 4.41. The first-order valence-electron chi connectivity index (χ1n) is 10.0. The summed E-state index contributed by atoms with van der Waals surface area (Å²) in [6.07, 6.45) is 0.153. The molecule has 7 heteroatoms. The van der Waals surface area contributed by atoms with Crippen LogP contribution >= 0.6 is 11.3 Å². The van der Waals surface area contributed by atoms with E-state index in [1.54, 1.807) is 36.5 Å². The van der Waals surface area contributed by atoms with Crippen molar-refractivity contribution in [1.82, 2.24) is 10.2 Å². The van der Waals surface area contributed by atoms with Gasteiger partial charge in [-0.3, -0.25) is 9.59 Å². The summed E-state index contributed by atoms with van der Waals surface area (Å²) < 4.78 is 10.8. The number of carbonyl (C=O) groups excluding carboxylic acids is 2. The lowest BCUT2D eigenvalue weighted by molar-refractivity contribution is -0.122. The van der Waals surface area contributed by atoms with Crippen LogP contribution in [0.25, 0.3) is 0 Å². The van der Waals surface area contributed by atoms with Gasteiger partial charge in [-0.2, -0.15) is 0 Å². The molecule has 0 aliphatic carbocycles. The fraction of sp³-hybridized carbons (Fsp3) is 0.250. The van der Waals surface area contributed by atoms with E-state index >= 15 is 0 Å². The average molecular weight is 437 g/mol. The van der Waals surface area contributed by atoms with Crippen LogP contribution in [-0.2, 0) is 17.9 Å². The van der Waals surface area contributed by atoms with Gasteiger partial charge in [-0.05, 0) is 40.8 Å². The largest absolute Gasteiger partial charge is 0.493 e. The molecule has 2 aromatic carbocycles. The normalized spacial score (nSPS) is 13.6. The summed E-state index contributed by atoms with van der Waals surface area (Å²) >= 11 is 1.60. The maximum atomic E-state index is 13.2. The molecule has 3 aromatic rings. The van der Waals surface area contributed by atoms with Gasteiger partial charge in [0, 0.05) is 17.0 Å². The summed E-state index contributed by atoms with van der Waals surface area (Å²) in [4.78, 5) is 28.8. The topological polar surface area (TPSA) is 67.9 Å². The van der Waals surface area contributed by atoms with Gasteiger partial charge in [0.1, 0.15) is 0 Å². The lowest BCUT2D eigenvalue weighted by Crippen LogP contribution is -2.34. The smallest absolute Gasteiger partial charge is 0.255 e. The Labute approximate surface area is 185 Å². The first kappa shape index (κ1) is 20.9. The predicted molar refractivity (Wildman–Crippen MR) is 119 cm³/mol. The Hall–Kier alpha value is -3.32. The van der Waals surface area contributed by atoms with Crippen molar-refractivity contribution >= 4 is 23.2 Å². The number of hydrogen-bond acceptors (Lipinski definition) is 5. The van der Waals surface area contributed by atoms with E-state index in [2.05, 4.69) is 5.32 Å². The third-order valence-electron chi connectivity index (χ3n) is 5.44. The quantitative estimate of drug-likeness (QED) is 0.576. The number of ether oxygens (including phenoxy) is 2. The standard InChI is InChI=1S/C24H24N2O4S/c1-29-21-10-9-16(12-22(21)30-2)20(13-23(27)25-14-18-7-5-11-31-18)26-15-17-6-3-4-8-19(17)24(26)28/h3-12,20H,13-15H2,1-2H3,(H,25,27)/t20-/m0/s1. The van der Waals surface area contributed by atoms with Crippen molar-refractivity contribution in [2.75, 3.05) is 14.2 Å². The molecular formula is C24H24N2O4S. The Morgan fingerprint density at radius 3 is 2.61 bits per heavy atom. The van der Waals surface area contributed by atoms with Crippen LogP contribution in [0.3, 0.4) is 0 Å². The van der Waals surface area contributed by atoms with Crippen LogP contribution in [0.4, 0.5) is 0 Å². The average Bonchev–Trinajstić information content (AvgIpc) is 3.44. The van der Waals surface area contributed by atoms with Crippen molar-refractivity contribution in [1.29, 1.82) is 0 Å². The molecule has 0 unspecified atom stereocenters. The Morgan fingerprint density at radius 1 is 1.10 bits per heavy atom. The van der Waals surface area contributed by atoms with Crippen molar-refractivity contribution in [3.63, 3.8) is 0 Å². The highest BCUT2D eigenvalue weighted by Gasteiger charge is 2.34. The lowest BCUT2D eigenvalue weighted by Gasteiger charge is -2.28. The first-order valence-corrected chi connectivity index (χ1v) is 10.9. The summed E-state index contributed by atoms with van der Waals surface area (Å²) in [6, 6.07) is 16.6. The zero-order chi connectivity index (χ0) is 21.8. The molecule has 4 rings (SSSR count). The minimum absolute atomic E-state index is 0.0681. The van der Waals surface area contributed by atoms with Crippen molar-refractivity contribution < 1.29 is 19.1 Å². The van der Waals surface area contributed by atoms with Crippen LogP contribution in [0.15, 0.2) is 60.0 Å². The fourth-order valence-corrected chi connectivity index (χ4v) is 4.49. The zero-order valence-electron chi connectivity index (χ0n) is 17.5. The molecule has 31 heavy (non-hydrogen) atoms. The van der Waals surface area contributed by atoms with Gasteiger partial charge in [0.15, 0.2) is 11.5 Å². The Balaban J connectivity index is 1.61. The SMILES string of the molecule is COc1ccc([C@H](CC(=O)NCc2cccs2)N2Cc3ccccc3C2=O)cc1OC. The van der Waals surface area contributed by atoms with Crippen LogP contribution in [-0.4, -0.2) is 30.9 Å². The zero-order valence-corrected chi connectivity index (χ0v) is 18.3. The monoisotopic (exact) mass is 436 g/mol. The molecule has 0 bridgehead atoms. The Kier molecular flexibility index (Phi) is 6.23. The molecule has 2 amide bonds. The Morgan fingerprint density at radius 2 is 1.90 bits per heavy atom. The minimum Gasteiger partial charge on any atom is -0.493 e. The van der Waals surface area contributed by atoms with E-state index in [1.165, 1.54) is 0 Å². The summed E-state index contributed by atoms with van der Waals surface area (Å²) in [7, 11) is 3.15. The third-order valence-corrected chi connectivity index (χ3v) is 6.31. The highest BCUT2D eigenvalue weighted by atomic mass is 32.1. The van der Waals surface area contributed by atoms with E-state index in [0.717, 1.165) is 16.0 Å². The van der Waals surface area contributed by atoms with E-state index in [0.29, 0.717) is 30.2 Å². The van der Waals surface area contributed by atoms with Gasteiger partial charge in [0.25, 0.3) is 5.91 Å². The molecule has 0 fully saturated rings. The molecule has 1 aromatic heterocycles. The molecule has 1 aliphatic rings. The number of thiophene rings is 1. The van der Waals surface area contributed by atoms with Crippen LogP contribution in [0, 0.1) is 0 Å². The Bertz CT molecular complexity index is 1080. The number of fused-ring (bicyclic) bond motifs is 1. The molecule has 2 heterocycles. The summed E-state index contributed by atoms with van der Waals surface area (Å²) in [5.74, 6) is 0.981. The second-order valence-corrected chi connectivity index (χ2v) is 8.31. The maximum absolute atomic E-state index is 13.2. The summed E-state index contributed by atoms with van der Waals surface area (Å²) in [5.41, 5.74) is 2.48. The fourth-order valence-electron chi connectivity index (χ4n) is 3.84. The molecular weight excluding hydrogens is 412 g/mol. The maximum Gasteiger partial charge on any atom is 0.255 e. The lowest BCUT2D eigenvalue weighted by atomic mass is 10.0. The number of nitrogens with zero attached hydrogens (tertiary/aromatic N) is 1. The van der Waals surface area contributed by atoms with Crippen molar-refractivity contribution in [3.05, 3.63) is 81.5 Å². The van der Waals surface area contributed by atoms with Crippen molar-refractivity contribution in [2.45, 2.75) is 25.6 Å². The van der Waals surface area contributed by atoms with Gasteiger partial charge in [0.2, 0.25) is 5.91 Å². The molecule has 1 N–H and O–H groups in total. The van der Waals surface area contributed by atoms with E-state index in [9.17, 15) is 9.59 Å². The van der Waals surface area contributed by atoms with E-state index < -0.39 is 6.04 Å². The predicted octanol–water partition coefficient (Wildman–Crippen LogP) is 4.17. The van der Waals surface area contributed by atoms with Gasteiger partial charge in [-0.15, -0.1) is 11.3 Å². The van der Waals surface area contributed by atoms with Gasteiger partial charge in [0.05, 0.1) is 33.2 Å². The van der Waals surface area contributed by atoms with Crippen LogP contribution in [0.1, 0.15) is 38.8 Å². The van der Waals surface area contributed by atoms with Gasteiger partial charge in [-0.25, -0.2) is 0 Å². The molecule has 0 radical (unpaired) electrons. The molecule has 6 nitrogen and oxygen atoms in total. The second-order valence-electron chi connectivity index (χ2n) is 7.28. The number of benzene rings is 2. The first-order chi connectivity index (χ1) is 15.1. The van der Waals surface area contributed by atoms with Crippen molar-refractivity contribution in [3.8, 4) is 11.5 Å². The van der Waals surface area contributed by atoms with E-state index in [1.807, 2.05) is 53.9 Å². The highest BCUT2D eigenvalue weighted by Crippen LogP contribution is 2.37. The molecule has 1 atom stereocenters. The van der Waals surface area contributed by atoms with Crippen LogP contribution in [0.5, 0.6) is 11.5 Å². The van der Waals surface area contributed by atoms with E-state index in [4.69, 9.17) is 9.47 Å². The second kappa shape index (κ2) is 9.22. The molecule has 160 valence electrons. The van der Waals surface area contributed by atoms with Gasteiger partial charge in [-0.1, -0.05) is 30.3 Å². The van der Waals surface area contributed by atoms with Crippen molar-refractivity contribution in [2.24, 2.45) is 0 Å². The molecule has 0 saturated heterocycles. The van der Waals surface area contributed by atoms with Crippen LogP contribution < -0.4 is 14.8 Å². The molecule has 0 saturated carbocycles.